The van der Waals surface area contributed by atoms with Gasteiger partial charge < -0.3 is 40.3 Å². The van der Waals surface area contributed by atoms with E-state index in [-0.39, 0.29) is 19.3 Å². The fourth-order valence-corrected chi connectivity index (χ4v) is 4.73. The van der Waals surface area contributed by atoms with Gasteiger partial charge in [0.15, 0.2) is 0 Å². The molecule has 6 N–H and O–H groups in total. The number of thioether (sulfide) groups is 1. The van der Waals surface area contributed by atoms with E-state index in [4.69, 9.17) is 19.7 Å². The molecule has 0 bridgehead atoms. The maximum atomic E-state index is 10.5. The highest BCUT2D eigenvalue weighted by Crippen LogP contribution is 2.36. The molecule has 1 heterocycles. The van der Waals surface area contributed by atoms with Crippen LogP contribution in [0.25, 0.3) is 0 Å². The molecular formula is C26H37NO7S. The molecule has 1 fully saturated rings. The van der Waals surface area contributed by atoms with Gasteiger partial charge in [0, 0.05) is 0 Å². The van der Waals surface area contributed by atoms with E-state index < -0.39 is 29.9 Å². The molecular weight excluding hydrogens is 470 g/mol. The quantitative estimate of drug-likeness (QED) is 0.234. The lowest BCUT2D eigenvalue weighted by Crippen LogP contribution is -2.52. The largest absolute Gasteiger partial charge is 0.494 e. The molecule has 1 aliphatic heterocycles. The molecule has 1 unspecified atom stereocenters. The van der Waals surface area contributed by atoms with Crippen LogP contribution >= 0.6 is 11.8 Å². The Labute approximate surface area is 210 Å². The second-order valence-electron chi connectivity index (χ2n) is 8.86. The van der Waals surface area contributed by atoms with E-state index in [2.05, 4.69) is 5.32 Å². The Bertz CT molecular complexity index is 907. The highest BCUT2D eigenvalue weighted by molar-refractivity contribution is 7.99. The first kappa shape index (κ1) is 27.9. The van der Waals surface area contributed by atoms with Gasteiger partial charge in [-0.05, 0) is 67.0 Å². The Kier molecular flexibility index (Phi) is 10.8. The SMILES string of the molecule is CS[C@H]1OC(c2ccc(C)c(Cc3ccc(OCCCNC(CO)CO)cc3)c2)[C@H](O)[C@@H](O)[C@@H]1O. The average molecular weight is 508 g/mol. The standard InChI is InChI=1S/C26H37NO7S/c1-16-4-7-18(25-23(31)22(30)24(32)26(34-25)35-2)13-19(16)12-17-5-8-21(9-6-17)33-11-3-10-27-20(14-28)15-29/h4-9,13,20,22-32H,3,10-12,14-15H2,1-2H3/t22-,23-,24+,25?,26-/m1/s1. The number of aliphatic hydroxyl groups is 5. The summed E-state index contributed by atoms with van der Waals surface area (Å²) in [7, 11) is 0. The van der Waals surface area contributed by atoms with Gasteiger partial charge in [-0.25, -0.2) is 0 Å². The van der Waals surface area contributed by atoms with Crippen molar-refractivity contribution in [3.63, 3.8) is 0 Å². The summed E-state index contributed by atoms with van der Waals surface area (Å²) in [6, 6.07) is 13.5. The molecule has 3 rings (SSSR count). The lowest BCUT2D eigenvalue weighted by Gasteiger charge is -2.40. The van der Waals surface area contributed by atoms with E-state index in [9.17, 15) is 15.3 Å². The minimum Gasteiger partial charge on any atom is -0.494 e. The van der Waals surface area contributed by atoms with Crippen LogP contribution in [0.1, 0.15) is 34.8 Å². The first-order chi connectivity index (χ1) is 16.9. The number of rotatable bonds is 12. The summed E-state index contributed by atoms with van der Waals surface area (Å²) in [5, 5.41) is 52.1. The molecule has 1 aliphatic rings. The van der Waals surface area contributed by atoms with Crippen molar-refractivity contribution in [2.75, 3.05) is 32.6 Å². The smallest absolute Gasteiger partial charge is 0.132 e. The highest BCUT2D eigenvalue weighted by atomic mass is 32.2. The van der Waals surface area contributed by atoms with Crippen LogP contribution in [0.3, 0.4) is 0 Å². The molecule has 0 amide bonds. The van der Waals surface area contributed by atoms with Crippen molar-refractivity contribution in [1.82, 2.24) is 5.32 Å². The summed E-state index contributed by atoms with van der Waals surface area (Å²) in [4.78, 5) is 0. The van der Waals surface area contributed by atoms with Crippen molar-refractivity contribution >= 4 is 11.8 Å². The van der Waals surface area contributed by atoms with Gasteiger partial charge in [0.05, 0.1) is 25.9 Å². The fraction of sp³-hybridized carbons (Fsp3) is 0.538. The van der Waals surface area contributed by atoms with Gasteiger partial charge in [-0.1, -0.05) is 30.3 Å². The molecule has 0 aromatic heterocycles. The van der Waals surface area contributed by atoms with Gasteiger partial charge in [0.25, 0.3) is 0 Å². The monoisotopic (exact) mass is 507 g/mol. The summed E-state index contributed by atoms with van der Waals surface area (Å²) < 4.78 is 11.7. The van der Waals surface area contributed by atoms with E-state index in [0.29, 0.717) is 19.6 Å². The van der Waals surface area contributed by atoms with Crippen LogP contribution in [0.15, 0.2) is 42.5 Å². The topological polar surface area (TPSA) is 132 Å². The maximum absolute atomic E-state index is 10.5. The predicted molar refractivity (Wildman–Crippen MR) is 136 cm³/mol. The second-order valence-corrected chi connectivity index (χ2v) is 9.79. The summed E-state index contributed by atoms with van der Waals surface area (Å²) in [5.41, 5.74) is 3.45. The highest BCUT2D eigenvalue weighted by Gasteiger charge is 2.44. The van der Waals surface area contributed by atoms with Gasteiger partial charge >= 0.3 is 0 Å². The van der Waals surface area contributed by atoms with Gasteiger partial charge in [-0.3, -0.25) is 0 Å². The maximum Gasteiger partial charge on any atom is 0.132 e. The lowest BCUT2D eigenvalue weighted by molar-refractivity contribution is -0.200. The second kappa shape index (κ2) is 13.6. The summed E-state index contributed by atoms with van der Waals surface area (Å²) in [6.07, 6.45) is -1.12. The van der Waals surface area contributed by atoms with E-state index in [1.807, 2.05) is 49.4 Å². The number of benzene rings is 2. The zero-order valence-corrected chi connectivity index (χ0v) is 21.0. The molecule has 0 saturated carbocycles. The van der Waals surface area contributed by atoms with Crippen LogP contribution in [-0.2, 0) is 11.2 Å². The Balaban J connectivity index is 1.59. The van der Waals surface area contributed by atoms with Gasteiger partial charge in [0.1, 0.15) is 35.6 Å². The molecule has 35 heavy (non-hydrogen) atoms. The van der Waals surface area contributed by atoms with Crippen molar-refractivity contribution in [2.24, 2.45) is 0 Å². The minimum atomic E-state index is -1.27. The summed E-state index contributed by atoms with van der Waals surface area (Å²) >= 11 is 1.30. The van der Waals surface area contributed by atoms with Crippen LogP contribution in [0, 0.1) is 6.92 Å². The summed E-state index contributed by atoms with van der Waals surface area (Å²) in [6.45, 7) is 3.01. The lowest BCUT2D eigenvalue weighted by atomic mass is 9.91. The van der Waals surface area contributed by atoms with Crippen LogP contribution in [0.5, 0.6) is 5.75 Å². The molecule has 2 aromatic carbocycles. The molecule has 194 valence electrons. The van der Waals surface area contributed by atoms with E-state index in [0.717, 1.165) is 34.4 Å². The minimum absolute atomic E-state index is 0.0983. The molecule has 0 radical (unpaired) electrons. The Morgan fingerprint density at radius 1 is 1.00 bits per heavy atom. The average Bonchev–Trinajstić information content (AvgIpc) is 2.87. The van der Waals surface area contributed by atoms with Crippen molar-refractivity contribution in [3.05, 3.63) is 64.7 Å². The summed E-state index contributed by atoms with van der Waals surface area (Å²) in [5.74, 6) is 0.773. The predicted octanol–water partition coefficient (Wildman–Crippen LogP) is 1.14. The third kappa shape index (κ3) is 7.41. The van der Waals surface area contributed by atoms with Gasteiger partial charge in [0.2, 0.25) is 0 Å². The Morgan fingerprint density at radius 2 is 1.71 bits per heavy atom. The molecule has 0 aliphatic carbocycles. The zero-order valence-electron chi connectivity index (χ0n) is 20.2. The number of ether oxygens (including phenoxy) is 2. The van der Waals surface area contributed by atoms with Crippen molar-refractivity contribution < 1.29 is 35.0 Å². The molecule has 0 spiro atoms. The first-order valence-corrected chi connectivity index (χ1v) is 13.2. The number of aliphatic hydroxyl groups excluding tert-OH is 5. The van der Waals surface area contributed by atoms with Crippen LogP contribution < -0.4 is 10.1 Å². The molecule has 8 nitrogen and oxygen atoms in total. The normalized spacial score (nSPS) is 24.6. The van der Waals surface area contributed by atoms with Gasteiger partial charge in [-0.15, -0.1) is 11.8 Å². The Hall–Kier alpha value is -1.69. The fourth-order valence-electron chi connectivity index (χ4n) is 4.06. The van der Waals surface area contributed by atoms with Crippen LogP contribution in [0.2, 0.25) is 0 Å². The molecule has 2 aromatic rings. The van der Waals surface area contributed by atoms with Crippen molar-refractivity contribution in [2.45, 2.75) is 55.7 Å². The van der Waals surface area contributed by atoms with Crippen molar-refractivity contribution in [3.8, 4) is 5.75 Å². The van der Waals surface area contributed by atoms with Crippen LogP contribution in [-0.4, -0.2) is 87.9 Å². The number of aryl methyl sites for hydroxylation is 1. The third-order valence-corrected chi connectivity index (χ3v) is 7.14. The molecule has 5 atom stereocenters. The van der Waals surface area contributed by atoms with Crippen LogP contribution in [0.4, 0.5) is 0 Å². The van der Waals surface area contributed by atoms with E-state index >= 15 is 0 Å². The Morgan fingerprint density at radius 3 is 2.37 bits per heavy atom. The third-order valence-electron chi connectivity index (χ3n) is 6.29. The molecule has 1 saturated heterocycles. The number of hydrogen-bond donors (Lipinski definition) is 6. The van der Waals surface area contributed by atoms with Gasteiger partial charge in [-0.2, -0.15) is 0 Å². The first-order valence-electron chi connectivity index (χ1n) is 11.9. The number of nitrogens with one attached hydrogen (secondary N) is 1. The zero-order chi connectivity index (χ0) is 25.4. The molecule has 9 heteroatoms. The van der Waals surface area contributed by atoms with Crippen molar-refractivity contribution in [1.29, 1.82) is 0 Å². The van der Waals surface area contributed by atoms with E-state index in [1.54, 1.807) is 6.26 Å². The number of hydrogen-bond acceptors (Lipinski definition) is 9. The van der Waals surface area contributed by atoms with E-state index in [1.165, 1.54) is 11.8 Å².